The number of rotatable bonds is 3. The highest BCUT2D eigenvalue weighted by molar-refractivity contribution is 9.10. The summed E-state index contributed by atoms with van der Waals surface area (Å²) in [6.45, 7) is -0.225. The number of halogens is 3. The summed E-state index contributed by atoms with van der Waals surface area (Å²) in [5, 5.41) is 8.84. The molecule has 0 bridgehead atoms. The lowest BCUT2D eigenvalue weighted by molar-refractivity contribution is 0.0694. The molecule has 0 amide bonds. The van der Waals surface area contributed by atoms with E-state index in [-0.39, 0.29) is 16.6 Å². The van der Waals surface area contributed by atoms with Crippen LogP contribution < -0.4 is 5.43 Å². The smallest absolute Gasteiger partial charge is 0.341 e. The van der Waals surface area contributed by atoms with Gasteiger partial charge in [-0.2, -0.15) is 0 Å². The zero-order chi connectivity index (χ0) is 14.9. The molecule has 0 fully saturated rings. The number of nitrogens with zero attached hydrogens (tertiary/aromatic N) is 1. The van der Waals surface area contributed by atoms with E-state index in [2.05, 4.69) is 15.9 Å². The lowest BCUT2D eigenvalue weighted by Gasteiger charge is -2.10. The van der Waals surface area contributed by atoms with Crippen molar-refractivity contribution < 1.29 is 18.7 Å². The van der Waals surface area contributed by atoms with E-state index in [4.69, 9.17) is 5.11 Å². The van der Waals surface area contributed by atoms with E-state index in [1.807, 2.05) is 0 Å². The van der Waals surface area contributed by atoms with Crippen LogP contribution in [0.5, 0.6) is 0 Å². The summed E-state index contributed by atoms with van der Waals surface area (Å²) in [6, 6.07) is 3.38. The van der Waals surface area contributed by atoms with Crippen LogP contribution in [0, 0.1) is 11.6 Å². The lowest BCUT2D eigenvalue weighted by atomic mass is 10.2. The zero-order valence-electron chi connectivity index (χ0n) is 9.94. The number of hydrogen-bond donors (Lipinski definition) is 1. The van der Waals surface area contributed by atoms with E-state index in [9.17, 15) is 18.4 Å². The number of benzene rings is 1. The van der Waals surface area contributed by atoms with E-state index >= 15 is 0 Å². The average Bonchev–Trinajstić information content (AvgIpc) is 2.40. The quantitative estimate of drug-likeness (QED) is 0.871. The van der Waals surface area contributed by atoms with E-state index < -0.39 is 28.6 Å². The van der Waals surface area contributed by atoms with Gasteiger partial charge in [-0.05, 0) is 28.1 Å². The van der Waals surface area contributed by atoms with Crippen LogP contribution in [0.25, 0.3) is 0 Å². The van der Waals surface area contributed by atoms with Crippen molar-refractivity contribution in [3.05, 3.63) is 68.1 Å². The van der Waals surface area contributed by atoms with Gasteiger partial charge in [0.2, 0.25) is 0 Å². The number of carboxylic acid groups (broad SMARTS) is 1. The second-order valence-electron chi connectivity index (χ2n) is 4.02. The van der Waals surface area contributed by atoms with Gasteiger partial charge in [0, 0.05) is 24.0 Å². The van der Waals surface area contributed by atoms with Crippen LogP contribution in [0.2, 0.25) is 0 Å². The summed E-state index contributed by atoms with van der Waals surface area (Å²) >= 11 is 2.95. The van der Waals surface area contributed by atoms with Crippen LogP contribution in [0.3, 0.4) is 0 Å². The van der Waals surface area contributed by atoms with Crippen molar-refractivity contribution in [1.82, 2.24) is 4.57 Å². The monoisotopic (exact) mass is 343 g/mol. The highest BCUT2D eigenvalue weighted by Gasteiger charge is 2.14. The van der Waals surface area contributed by atoms with E-state index in [0.717, 1.165) is 18.3 Å². The highest BCUT2D eigenvalue weighted by Crippen LogP contribution is 2.22. The van der Waals surface area contributed by atoms with Crippen molar-refractivity contribution in [2.45, 2.75) is 6.54 Å². The molecular weight excluding hydrogens is 336 g/mol. The van der Waals surface area contributed by atoms with Crippen LogP contribution in [0.4, 0.5) is 8.78 Å². The van der Waals surface area contributed by atoms with Crippen LogP contribution in [-0.4, -0.2) is 15.6 Å². The van der Waals surface area contributed by atoms with Gasteiger partial charge in [-0.15, -0.1) is 0 Å². The predicted molar refractivity (Wildman–Crippen MR) is 70.8 cm³/mol. The Morgan fingerprint density at radius 3 is 2.65 bits per heavy atom. The number of hydrogen-bond acceptors (Lipinski definition) is 2. The molecule has 104 valence electrons. The second kappa shape index (κ2) is 5.54. The molecule has 1 aromatic heterocycles. The minimum Gasteiger partial charge on any atom is -0.477 e. The summed E-state index contributed by atoms with van der Waals surface area (Å²) < 4.78 is 28.8. The van der Waals surface area contributed by atoms with Gasteiger partial charge in [-0.1, -0.05) is 0 Å². The molecule has 0 aliphatic carbocycles. The van der Waals surface area contributed by atoms with Crippen molar-refractivity contribution in [2.75, 3.05) is 0 Å². The fourth-order valence-electron chi connectivity index (χ4n) is 1.68. The topological polar surface area (TPSA) is 59.3 Å². The van der Waals surface area contributed by atoms with Gasteiger partial charge in [-0.25, -0.2) is 13.6 Å². The third kappa shape index (κ3) is 2.77. The normalized spacial score (nSPS) is 10.6. The molecule has 1 N–H and O–H groups in total. The predicted octanol–water partition coefficient (Wildman–Crippen LogP) is 2.64. The Kier molecular flexibility index (Phi) is 3.99. The Hall–Kier alpha value is -2.02. The molecule has 2 aromatic rings. The molecule has 0 unspecified atom stereocenters. The summed E-state index contributed by atoms with van der Waals surface area (Å²) in [4.78, 5) is 22.1. The molecule has 4 nitrogen and oxygen atoms in total. The Morgan fingerprint density at radius 2 is 2.00 bits per heavy atom. The number of aromatic nitrogens is 1. The molecule has 0 aliphatic heterocycles. The molecule has 0 saturated heterocycles. The maximum atomic E-state index is 13.8. The first-order chi connectivity index (χ1) is 9.40. The third-order valence-electron chi connectivity index (χ3n) is 2.69. The average molecular weight is 344 g/mol. The maximum Gasteiger partial charge on any atom is 0.341 e. The Labute approximate surface area is 120 Å². The highest BCUT2D eigenvalue weighted by atomic mass is 79.9. The van der Waals surface area contributed by atoms with Gasteiger partial charge in [0.1, 0.15) is 17.2 Å². The van der Waals surface area contributed by atoms with Gasteiger partial charge in [0.05, 0.1) is 11.0 Å². The van der Waals surface area contributed by atoms with Gasteiger partial charge >= 0.3 is 5.97 Å². The molecule has 0 atom stereocenters. The number of carboxylic acids is 1. The number of aromatic carboxylic acids is 1. The fourth-order valence-corrected chi connectivity index (χ4v) is 2.05. The molecule has 0 saturated carbocycles. The molecule has 0 aliphatic rings. The SMILES string of the molecule is O=C(O)c1cn(Cc2c(F)ccc(Br)c2F)ccc1=O. The molecule has 7 heteroatoms. The van der Waals surface area contributed by atoms with Crippen LogP contribution >= 0.6 is 15.9 Å². The summed E-state index contributed by atoms with van der Waals surface area (Å²) in [7, 11) is 0. The summed E-state index contributed by atoms with van der Waals surface area (Å²) in [5.41, 5.74) is -1.34. The van der Waals surface area contributed by atoms with Crippen molar-refractivity contribution >= 4 is 21.9 Å². The van der Waals surface area contributed by atoms with Crippen LogP contribution in [-0.2, 0) is 6.54 Å². The first-order valence-electron chi connectivity index (χ1n) is 5.46. The minimum atomic E-state index is -1.39. The number of carbonyl (C=O) groups is 1. The summed E-state index contributed by atoms with van der Waals surface area (Å²) in [6.07, 6.45) is 2.32. The van der Waals surface area contributed by atoms with Crippen LogP contribution in [0.1, 0.15) is 15.9 Å². The minimum absolute atomic E-state index is 0.105. The van der Waals surface area contributed by atoms with Gasteiger partial charge in [-0.3, -0.25) is 4.79 Å². The van der Waals surface area contributed by atoms with E-state index in [1.54, 1.807) is 0 Å². The first-order valence-corrected chi connectivity index (χ1v) is 6.25. The van der Waals surface area contributed by atoms with Crippen molar-refractivity contribution in [1.29, 1.82) is 0 Å². The lowest BCUT2D eigenvalue weighted by Crippen LogP contribution is -2.17. The standard InChI is InChI=1S/C13H8BrF2NO3/c14-9-1-2-10(15)7(12(9)16)5-17-4-3-11(18)8(6-17)13(19)20/h1-4,6H,5H2,(H,19,20). The Bertz CT molecular complexity index is 743. The molecule has 1 aromatic carbocycles. The van der Waals surface area contributed by atoms with E-state index in [0.29, 0.717) is 0 Å². The Morgan fingerprint density at radius 1 is 1.30 bits per heavy atom. The summed E-state index contributed by atoms with van der Waals surface area (Å²) in [5.74, 6) is -2.90. The second-order valence-corrected chi connectivity index (χ2v) is 4.88. The first kappa shape index (κ1) is 14.4. The maximum absolute atomic E-state index is 13.8. The van der Waals surface area contributed by atoms with Gasteiger partial charge in [0.25, 0.3) is 0 Å². The largest absolute Gasteiger partial charge is 0.477 e. The molecule has 0 radical (unpaired) electrons. The Balaban J connectivity index is 2.46. The van der Waals surface area contributed by atoms with Crippen molar-refractivity contribution in [3.63, 3.8) is 0 Å². The molecule has 0 spiro atoms. The molecule has 20 heavy (non-hydrogen) atoms. The molecule has 2 rings (SSSR count). The fraction of sp³-hybridized carbons (Fsp3) is 0.0769. The van der Waals surface area contributed by atoms with Crippen molar-refractivity contribution in [3.8, 4) is 0 Å². The van der Waals surface area contributed by atoms with Gasteiger partial charge in [0.15, 0.2) is 5.43 Å². The van der Waals surface area contributed by atoms with Crippen molar-refractivity contribution in [2.24, 2.45) is 0 Å². The van der Waals surface area contributed by atoms with Gasteiger partial charge < -0.3 is 9.67 Å². The molecular formula is C13H8BrF2NO3. The van der Waals surface area contributed by atoms with E-state index in [1.165, 1.54) is 16.8 Å². The number of pyridine rings is 1. The molecule has 1 heterocycles. The zero-order valence-corrected chi connectivity index (χ0v) is 11.5. The third-order valence-corrected chi connectivity index (χ3v) is 3.30. The van der Waals surface area contributed by atoms with Crippen LogP contribution in [0.15, 0.2) is 39.9 Å².